The molecule has 0 radical (unpaired) electrons. The van der Waals surface area contributed by atoms with E-state index in [1.54, 1.807) is 18.2 Å². The molecular weight excluding hydrogens is 495 g/mol. The first-order chi connectivity index (χ1) is 13.9. The van der Waals surface area contributed by atoms with Gasteiger partial charge in [0, 0.05) is 48.8 Å². The van der Waals surface area contributed by atoms with Crippen LogP contribution in [0.3, 0.4) is 0 Å². The molecule has 3 aromatic carbocycles. The molecule has 0 spiro atoms. The van der Waals surface area contributed by atoms with Crippen molar-refractivity contribution in [3.8, 4) is 5.75 Å². The van der Waals surface area contributed by atoms with Gasteiger partial charge in [0.25, 0.3) is 0 Å². The summed E-state index contributed by atoms with van der Waals surface area (Å²) in [5.74, 6) is 0.226. The van der Waals surface area contributed by atoms with Crippen LogP contribution < -0.4 is 5.32 Å². The van der Waals surface area contributed by atoms with Crippen LogP contribution >= 0.6 is 50.7 Å². The van der Waals surface area contributed by atoms with Crippen LogP contribution in [0.1, 0.15) is 35.3 Å². The van der Waals surface area contributed by atoms with Crippen LogP contribution in [-0.2, 0) is 0 Å². The molecule has 7 heteroatoms. The maximum absolute atomic E-state index is 10.5. The van der Waals surface area contributed by atoms with Crippen LogP contribution in [0.5, 0.6) is 5.75 Å². The number of hydrogen-bond acceptors (Lipinski definition) is 3. The summed E-state index contributed by atoms with van der Waals surface area (Å²) >= 11 is 22.1. The van der Waals surface area contributed by atoms with Crippen molar-refractivity contribution in [3.05, 3.63) is 96.9 Å². The number of aromatic hydroxyl groups is 1. The van der Waals surface area contributed by atoms with Gasteiger partial charge in [0.15, 0.2) is 0 Å². The zero-order valence-corrected chi connectivity index (χ0v) is 18.9. The van der Waals surface area contributed by atoms with Gasteiger partial charge in [-0.3, -0.25) is 10.3 Å². The minimum absolute atomic E-state index is 0.160. The molecule has 1 heterocycles. The number of rotatable bonds is 3. The van der Waals surface area contributed by atoms with Crippen LogP contribution in [0.4, 0.5) is 0 Å². The third-order valence-electron chi connectivity index (χ3n) is 4.84. The molecule has 29 heavy (non-hydrogen) atoms. The number of nitrogens with one attached hydrogen (secondary N) is 1. The first-order valence-electron chi connectivity index (χ1n) is 8.93. The lowest BCUT2D eigenvalue weighted by Crippen LogP contribution is -2.33. The Hall–Kier alpha value is -1.56. The maximum Gasteiger partial charge on any atom is 0.127 e. The van der Waals surface area contributed by atoms with E-state index in [1.807, 2.05) is 42.5 Å². The summed E-state index contributed by atoms with van der Waals surface area (Å²) in [6.45, 7) is 0. The third kappa shape index (κ3) is 4.62. The summed E-state index contributed by atoms with van der Waals surface area (Å²) in [4.78, 5) is 4.91. The Labute approximate surface area is 192 Å². The number of phenolic OH excluding ortho intramolecular Hbond substituents is 1. The third-order valence-corrected chi connectivity index (χ3v) is 6.15. The largest absolute Gasteiger partial charge is 0.508 e. The van der Waals surface area contributed by atoms with Crippen molar-refractivity contribution >= 4 is 56.4 Å². The Morgan fingerprint density at radius 2 is 1.62 bits per heavy atom. The fourth-order valence-electron chi connectivity index (χ4n) is 3.41. The number of nitrogens with zero attached hydrogens (tertiary/aromatic N) is 1. The highest BCUT2D eigenvalue weighted by Gasteiger charge is 2.28. The van der Waals surface area contributed by atoms with Gasteiger partial charge in [0.1, 0.15) is 11.9 Å². The molecule has 148 valence electrons. The summed E-state index contributed by atoms with van der Waals surface area (Å²) < 4.78 is 0.892. The smallest absolute Gasteiger partial charge is 0.127 e. The van der Waals surface area contributed by atoms with Crippen molar-refractivity contribution in [2.24, 2.45) is 4.99 Å². The highest BCUT2D eigenvalue weighted by molar-refractivity contribution is 9.10. The van der Waals surface area contributed by atoms with Gasteiger partial charge in [-0.25, -0.2) is 0 Å². The van der Waals surface area contributed by atoms with Gasteiger partial charge in [0.2, 0.25) is 0 Å². The summed E-state index contributed by atoms with van der Waals surface area (Å²) in [6.07, 6.45) is 0.218. The van der Waals surface area contributed by atoms with Crippen molar-refractivity contribution in [2.75, 3.05) is 0 Å². The van der Waals surface area contributed by atoms with Gasteiger partial charge < -0.3 is 5.11 Å². The summed E-state index contributed by atoms with van der Waals surface area (Å²) in [5, 5.41) is 15.7. The molecule has 3 aromatic rings. The topological polar surface area (TPSA) is 44.6 Å². The van der Waals surface area contributed by atoms with Crippen molar-refractivity contribution in [1.29, 1.82) is 0 Å². The predicted molar refractivity (Wildman–Crippen MR) is 123 cm³/mol. The molecule has 0 saturated carbocycles. The molecule has 0 fully saturated rings. The van der Waals surface area contributed by atoms with E-state index >= 15 is 0 Å². The highest BCUT2D eigenvalue weighted by Crippen LogP contribution is 2.37. The second-order valence-corrected chi connectivity index (χ2v) is 8.97. The Balaban J connectivity index is 1.79. The molecule has 0 aliphatic carbocycles. The second kappa shape index (κ2) is 8.66. The molecule has 0 saturated heterocycles. The molecule has 4 rings (SSSR count). The van der Waals surface area contributed by atoms with Gasteiger partial charge in [-0.2, -0.15) is 0 Å². The molecule has 3 nitrogen and oxygen atoms in total. The van der Waals surface area contributed by atoms with Crippen molar-refractivity contribution in [3.63, 3.8) is 0 Å². The summed E-state index contributed by atoms with van der Waals surface area (Å²) in [5.41, 5.74) is 3.49. The summed E-state index contributed by atoms with van der Waals surface area (Å²) in [7, 11) is 0. The highest BCUT2D eigenvalue weighted by atomic mass is 79.9. The summed E-state index contributed by atoms with van der Waals surface area (Å²) in [6, 6.07) is 18.2. The first-order valence-corrected chi connectivity index (χ1v) is 10.9. The average Bonchev–Trinajstić information content (AvgIpc) is 2.70. The Bertz CT molecular complexity index is 1090. The number of aliphatic imine (C=N–C) groups is 1. The van der Waals surface area contributed by atoms with E-state index in [4.69, 9.17) is 39.8 Å². The maximum atomic E-state index is 10.5. The molecule has 1 aliphatic heterocycles. The Morgan fingerprint density at radius 1 is 0.897 bits per heavy atom. The number of hydrogen-bond donors (Lipinski definition) is 2. The van der Waals surface area contributed by atoms with Gasteiger partial charge in [-0.05, 0) is 48.0 Å². The molecule has 0 unspecified atom stereocenters. The van der Waals surface area contributed by atoms with Crippen LogP contribution in [0.25, 0.3) is 0 Å². The van der Waals surface area contributed by atoms with E-state index in [9.17, 15) is 5.11 Å². The first kappa shape index (κ1) is 20.7. The van der Waals surface area contributed by atoms with Crippen LogP contribution in [0, 0.1) is 0 Å². The van der Waals surface area contributed by atoms with E-state index in [1.165, 1.54) is 0 Å². The van der Waals surface area contributed by atoms with Crippen molar-refractivity contribution in [1.82, 2.24) is 5.32 Å². The normalized spacial score (nSPS) is 19.1. The quantitative estimate of drug-likeness (QED) is 0.387. The molecule has 0 amide bonds. The van der Waals surface area contributed by atoms with Crippen LogP contribution in [0.2, 0.25) is 15.1 Å². The Morgan fingerprint density at radius 3 is 2.34 bits per heavy atom. The molecule has 1 aliphatic rings. The molecular formula is C22H16BrCl3N2O. The molecule has 0 aromatic heterocycles. The number of halogens is 4. The molecule has 2 atom stereocenters. The van der Waals surface area contributed by atoms with Crippen LogP contribution in [0.15, 0.2) is 70.1 Å². The van der Waals surface area contributed by atoms with Crippen molar-refractivity contribution < 1.29 is 5.11 Å². The van der Waals surface area contributed by atoms with E-state index in [2.05, 4.69) is 21.2 Å². The fourth-order valence-corrected chi connectivity index (χ4v) is 4.43. The van der Waals surface area contributed by atoms with E-state index in [0.29, 0.717) is 21.5 Å². The van der Waals surface area contributed by atoms with Gasteiger partial charge in [0.05, 0.1) is 0 Å². The lowest BCUT2D eigenvalue weighted by molar-refractivity contribution is 0.412. The molecule has 0 bridgehead atoms. The van der Waals surface area contributed by atoms with Crippen LogP contribution in [-0.4, -0.2) is 10.8 Å². The van der Waals surface area contributed by atoms with E-state index in [0.717, 1.165) is 26.9 Å². The van der Waals surface area contributed by atoms with E-state index in [-0.39, 0.29) is 18.0 Å². The Kier molecular flexibility index (Phi) is 6.19. The lowest BCUT2D eigenvalue weighted by Gasteiger charge is -2.31. The zero-order valence-electron chi connectivity index (χ0n) is 15.0. The SMILES string of the molecule is Oc1ccc(Br)cc1[C@@H]1CC(c2ccc(Cl)cc2)=N[C@@H](c2ccc(Cl)cc2Cl)N1. The average molecular weight is 511 g/mol. The second-order valence-electron chi connectivity index (χ2n) is 6.78. The molecule has 2 N–H and O–H groups in total. The monoisotopic (exact) mass is 508 g/mol. The zero-order chi connectivity index (χ0) is 20.5. The minimum Gasteiger partial charge on any atom is -0.508 e. The standard InChI is InChI=1S/C22H16BrCl3N2O/c23-13-3-8-21(29)17(9-13)20-11-19(12-1-4-14(24)5-2-12)27-22(28-20)16-7-6-15(25)10-18(16)26/h1-10,20,22,28-29H,11H2/t20-,22+/m0/s1. The predicted octanol–water partition coefficient (Wildman–Crippen LogP) is 7.34. The fraction of sp³-hybridized carbons (Fsp3) is 0.136. The van der Waals surface area contributed by atoms with Gasteiger partial charge >= 0.3 is 0 Å². The minimum atomic E-state index is -0.387. The van der Waals surface area contributed by atoms with Gasteiger partial charge in [-0.15, -0.1) is 0 Å². The van der Waals surface area contributed by atoms with E-state index < -0.39 is 0 Å². The number of phenols is 1. The lowest BCUT2D eigenvalue weighted by atomic mass is 9.93. The van der Waals surface area contributed by atoms with Gasteiger partial charge in [-0.1, -0.05) is 68.9 Å². The van der Waals surface area contributed by atoms with Crippen molar-refractivity contribution in [2.45, 2.75) is 18.6 Å². The number of benzene rings is 3.